The lowest BCUT2D eigenvalue weighted by atomic mass is 10.2. The number of sulfone groups is 1. The van der Waals surface area contributed by atoms with E-state index in [1.807, 2.05) is 13.0 Å². The molecular formula is C15H11Cl2NO2S2. The molecule has 0 atom stereocenters. The predicted octanol–water partition coefficient (Wildman–Crippen LogP) is 4.84. The highest BCUT2D eigenvalue weighted by Gasteiger charge is 2.20. The number of nitrogens with zero attached hydrogens (tertiary/aromatic N) is 1. The number of benzene rings is 1. The number of thiophene rings is 1. The minimum atomic E-state index is -3.77. The smallest absolute Gasteiger partial charge is 0.192 e. The normalized spacial score (nSPS) is 12.2. The highest BCUT2D eigenvalue weighted by Crippen LogP contribution is 2.26. The van der Waals surface area contributed by atoms with E-state index in [0.29, 0.717) is 10.6 Å². The van der Waals surface area contributed by atoms with Gasteiger partial charge < -0.3 is 0 Å². The second-order valence-electron chi connectivity index (χ2n) is 4.56. The molecule has 0 bridgehead atoms. The zero-order valence-corrected chi connectivity index (χ0v) is 14.7. The van der Waals surface area contributed by atoms with Crippen LogP contribution in [0.25, 0.3) is 6.08 Å². The van der Waals surface area contributed by atoms with Crippen LogP contribution in [0, 0.1) is 18.3 Å². The molecule has 2 aromatic rings. The van der Waals surface area contributed by atoms with Crippen LogP contribution < -0.4 is 0 Å². The summed E-state index contributed by atoms with van der Waals surface area (Å²) in [4.78, 5) is 1.49. The fraction of sp³-hybridized carbons (Fsp3) is 0.133. The maximum absolute atomic E-state index is 12.4. The molecule has 7 heteroatoms. The third-order valence-electron chi connectivity index (χ3n) is 2.84. The Bertz CT molecular complexity index is 877. The Morgan fingerprint density at radius 3 is 2.59 bits per heavy atom. The lowest BCUT2D eigenvalue weighted by Crippen LogP contribution is -2.06. The third kappa shape index (κ3) is 4.11. The molecule has 0 fully saturated rings. The molecule has 0 aliphatic carbocycles. The first-order valence-corrected chi connectivity index (χ1v) is 9.39. The topological polar surface area (TPSA) is 57.9 Å². The summed E-state index contributed by atoms with van der Waals surface area (Å²) >= 11 is 13.2. The molecule has 0 saturated heterocycles. The van der Waals surface area contributed by atoms with Gasteiger partial charge >= 0.3 is 0 Å². The Kier molecular flexibility index (Phi) is 5.30. The van der Waals surface area contributed by atoms with Crippen molar-refractivity contribution in [2.75, 3.05) is 0 Å². The molecule has 0 aliphatic heterocycles. The van der Waals surface area contributed by atoms with E-state index in [0.717, 1.165) is 9.75 Å². The molecule has 0 saturated carbocycles. The van der Waals surface area contributed by atoms with Gasteiger partial charge in [0.05, 0.1) is 5.75 Å². The minimum absolute atomic E-state index is 0.264. The molecule has 0 N–H and O–H groups in total. The molecule has 0 spiro atoms. The summed E-state index contributed by atoms with van der Waals surface area (Å²) < 4.78 is 24.8. The van der Waals surface area contributed by atoms with Gasteiger partial charge in [-0.2, -0.15) is 5.26 Å². The van der Waals surface area contributed by atoms with Crippen molar-refractivity contribution in [3.05, 3.63) is 60.6 Å². The lowest BCUT2D eigenvalue weighted by Gasteiger charge is -2.05. The first kappa shape index (κ1) is 17.0. The highest BCUT2D eigenvalue weighted by molar-refractivity contribution is 7.95. The predicted molar refractivity (Wildman–Crippen MR) is 91.7 cm³/mol. The summed E-state index contributed by atoms with van der Waals surface area (Å²) in [6.45, 7) is 1.91. The molecule has 1 heterocycles. The number of aryl methyl sites for hydroxylation is 1. The lowest BCUT2D eigenvalue weighted by molar-refractivity contribution is 0.602. The first-order chi connectivity index (χ1) is 10.3. The van der Waals surface area contributed by atoms with Crippen LogP contribution in [0.15, 0.2) is 35.2 Å². The van der Waals surface area contributed by atoms with E-state index in [4.69, 9.17) is 23.2 Å². The third-order valence-corrected chi connectivity index (χ3v) is 5.95. The molecule has 3 nitrogen and oxygen atoms in total. The Labute approximate surface area is 143 Å². The average Bonchev–Trinajstić information content (AvgIpc) is 2.84. The van der Waals surface area contributed by atoms with Crippen molar-refractivity contribution in [3.8, 4) is 6.07 Å². The second kappa shape index (κ2) is 6.84. The van der Waals surface area contributed by atoms with Gasteiger partial charge in [0.15, 0.2) is 9.84 Å². The van der Waals surface area contributed by atoms with Crippen molar-refractivity contribution in [1.29, 1.82) is 5.26 Å². The van der Waals surface area contributed by atoms with E-state index in [1.54, 1.807) is 24.3 Å². The van der Waals surface area contributed by atoms with Crippen LogP contribution in [0.4, 0.5) is 0 Å². The van der Waals surface area contributed by atoms with Crippen LogP contribution in [-0.2, 0) is 15.6 Å². The van der Waals surface area contributed by atoms with E-state index in [-0.39, 0.29) is 15.7 Å². The van der Waals surface area contributed by atoms with E-state index < -0.39 is 9.84 Å². The van der Waals surface area contributed by atoms with Gasteiger partial charge in [-0.25, -0.2) is 8.42 Å². The maximum Gasteiger partial charge on any atom is 0.192 e. The van der Waals surface area contributed by atoms with Crippen LogP contribution in [0.5, 0.6) is 0 Å². The van der Waals surface area contributed by atoms with Gasteiger partial charge in [-0.05, 0) is 42.8 Å². The van der Waals surface area contributed by atoms with Crippen molar-refractivity contribution in [2.24, 2.45) is 0 Å². The quantitative estimate of drug-likeness (QED) is 0.722. The number of hydrogen-bond acceptors (Lipinski definition) is 4. The molecule has 0 aliphatic rings. The number of allylic oxidation sites excluding steroid dienone is 1. The first-order valence-electron chi connectivity index (χ1n) is 6.17. The van der Waals surface area contributed by atoms with E-state index in [9.17, 15) is 13.7 Å². The van der Waals surface area contributed by atoms with Gasteiger partial charge in [0, 0.05) is 19.8 Å². The average molecular weight is 372 g/mol. The van der Waals surface area contributed by atoms with Gasteiger partial charge in [-0.1, -0.05) is 29.3 Å². The largest absolute Gasteiger partial charge is 0.223 e. The number of nitriles is 1. The zero-order valence-electron chi connectivity index (χ0n) is 11.5. The monoisotopic (exact) mass is 371 g/mol. The molecule has 22 heavy (non-hydrogen) atoms. The summed E-state index contributed by atoms with van der Waals surface area (Å²) in [7, 11) is -3.77. The van der Waals surface area contributed by atoms with Gasteiger partial charge in [0.25, 0.3) is 0 Å². The zero-order chi connectivity index (χ0) is 16.3. The van der Waals surface area contributed by atoms with E-state index >= 15 is 0 Å². The van der Waals surface area contributed by atoms with Crippen LogP contribution in [0.1, 0.15) is 15.3 Å². The molecule has 1 aromatic heterocycles. The van der Waals surface area contributed by atoms with E-state index in [2.05, 4.69) is 0 Å². The van der Waals surface area contributed by atoms with Gasteiger partial charge in [0.2, 0.25) is 0 Å². The van der Waals surface area contributed by atoms with Crippen LogP contribution in [-0.4, -0.2) is 8.42 Å². The standard InChI is InChI=1S/C15H11Cl2NO2S2/c1-10-2-5-13(21-10)7-14(8-18)22(19,20)9-11-3-4-12(16)6-15(11)17/h2-7H,9H2,1H3/b14-7-. The Balaban J connectivity index is 2.35. The second-order valence-corrected chi connectivity index (χ2v) is 8.68. The van der Waals surface area contributed by atoms with Crippen molar-refractivity contribution < 1.29 is 8.42 Å². The molecular weight excluding hydrogens is 361 g/mol. The number of hydrogen-bond donors (Lipinski definition) is 0. The fourth-order valence-electron chi connectivity index (χ4n) is 1.77. The van der Waals surface area contributed by atoms with Gasteiger partial charge in [-0.15, -0.1) is 11.3 Å². The van der Waals surface area contributed by atoms with Crippen molar-refractivity contribution in [3.63, 3.8) is 0 Å². The summed E-state index contributed by atoms with van der Waals surface area (Å²) in [6, 6.07) is 10.0. The molecule has 1 aromatic carbocycles. The maximum atomic E-state index is 12.4. The van der Waals surface area contributed by atoms with Crippen molar-refractivity contribution in [2.45, 2.75) is 12.7 Å². The van der Waals surface area contributed by atoms with Crippen molar-refractivity contribution in [1.82, 2.24) is 0 Å². The molecule has 0 amide bonds. The molecule has 0 unspecified atom stereocenters. The van der Waals surface area contributed by atoms with Crippen molar-refractivity contribution >= 4 is 50.5 Å². The number of halogens is 2. The SMILES string of the molecule is Cc1ccc(/C=C(/C#N)S(=O)(=O)Cc2ccc(Cl)cc2Cl)s1. The Morgan fingerprint density at radius 1 is 1.32 bits per heavy atom. The summed E-state index contributed by atoms with van der Waals surface area (Å²) in [5.74, 6) is -0.341. The van der Waals surface area contributed by atoms with Crippen LogP contribution in [0.3, 0.4) is 0 Å². The summed E-state index contributed by atoms with van der Waals surface area (Å²) in [5, 5.41) is 9.87. The summed E-state index contributed by atoms with van der Waals surface area (Å²) in [5.41, 5.74) is 0.412. The molecule has 114 valence electrons. The van der Waals surface area contributed by atoms with Crippen LogP contribution in [0.2, 0.25) is 10.0 Å². The number of rotatable bonds is 4. The Morgan fingerprint density at radius 2 is 2.05 bits per heavy atom. The van der Waals surface area contributed by atoms with E-state index in [1.165, 1.54) is 23.5 Å². The molecule has 2 rings (SSSR count). The Hall–Kier alpha value is -1.32. The molecule has 0 radical (unpaired) electrons. The van der Waals surface area contributed by atoms with Gasteiger partial charge in [-0.3, -0.25) is 0 Å². The highest BCUT2D eigenvalue weighted by atomic mass is 35.5. The van der Waals surface area contributed by atoms with Crippen LogP contribution >= 0.6 is 34.5 Å². The fourth-order valence-corrected chi connectivity index (χ4v) is 4.49. The minimum Gasteiger partial charge on any atom is -0.223 e. The van der Waals surface area contributed by atoms with Gasteiger partial charge in [0.1, 0.15) is 11.0 Å². The summed E-state index contributed by atoms with van der Waals surface area (Å²) in [6.07, 6.45) is 1.39.